The van der Waals surface area contributed by atoms with Gasteiger partial charge in [-0.15, -0.1) is 11.6 Å². The fourth-order valence-corrected chi connectivity index (χ4v) is 3.20. The van der Waals surface area contributed by atoms with E-state index in [0.29, 0.717) is 5.92 Å². The molecule has 1 unspecified atom stereocenters. The molecular weight excluding hydrogens is 258 g/mol. The number of fused-ring (bicyclic) bond motifs is 1. The summed E-state index contributed by atoms with van der Waals surface area (Å²) in [6.07, 6.45) is 5.27. The van der Waals surface area contributed by atoms with Crippen molar-refractivity contribution in [2.75, 3.05) is 23.9 Å². The molecule has 1 saturated heterocycles. The molecule has 1 atom stereocenters. The number of hydrogen-bond acceptors (Lipinski definition) is 3. The number of para-hydroxylation sites is 1. The van der Waals surface area contributed by atoms with Crippen LogP contribution >= 0.6 is 11.6 Å². The maximum Gasteiger partial charge on any atom is 0.139 e. The number of benzene rings is 1. The Morgan fingerprint density at radius 3 is 3.05 bits per heavy atom. The summed E-state index contributed by atoms with van der Waals surface area (Å²) in [5.74, 6) is 2.52. The number of rotatable bonds is 3. The first kappa shape index (κ1) is 12.7. The second-order valence-electron chi connectivity index (χ2n) is 5.15. The molecule has 0 bridgehead atoms. The van der Waals surface area contributed by atoms with Crippen LogP contribution in [0.3, 0.4) is 0 Å². The van der Waals surface area contributed by atoms with Gasteiger partial charge in [0.25, 0.3) is 0 Å². The lowest BCUT2D eigenvalue weighted by atomic mass is 9.95. The van der Waals surface area contributed by atoms with Crippen molar-refractivity contribution < 1.29 is 0 Å². The van der Waals surface area contributed by atoms with Crippen molar-refractivity contribution >= 4 is 28.3 Å². The van der Waals surface area contributed by atoms with E-state index in [1.807, 2.05) is 12.1 Å². The fourth-order valence-electron chi connectivity index (χ4n) is 2.89. The largest absolute Gasteiger partial charge is 0.356 e. The van der Waals surface area contributed by atoms with Gasteiger partial charge in [-0.1, -0.05) is 12.1 Å². The van der Waals surface area contributed by atoms with E-state index in [1.165, 1.54) is 12.8 Å². The monoisotopic (exact) mass is 275 g/mol. The summed E-state index contributed by atoms with van der Waals surface area (Å²) >= 11 is 5.88. The Morgan fingerprint density at radius 2 is 2.16 bits per heavy atom. The smallest absolute Gasteiger partial charge is 0.139 e. The van der Waals surface area contributed by atoms with E-state index < -0.39 is 0 Å². The Bertz CT molecular complexity index is 551. The third kappa shape index (κ3) is 2.66. The molecule has 100 valence electrons. The predicted octanol–water partition coefficient (Wildman–Crippen LogP) is 3.48. The van der Waals surface area contributed by atoms with Gasteiger partial charge in [-0.05, 0) is 37.3 Å². The average Bonchev–Trinajstić information content (AvgIpc) is 2.47. The van der Waals surface area contributed by atoms with Gasteiger partial charge in [0, 0.05) is 24.4 Å². The van der Waals surface area contributed by atoms with Gasteiger partial charge in [0.05, 0.1) is 5.52 Å². The molecule has 0 aliphatic carbocycles. The van der Waals surface area contributed by atoms with Crippen molar-refractivity contribution in [1.29, 1.82) is 0 Å². The van der Waals surface area contributed by atoms with Crippen molar-refractivity contribution in [3.8, 4) is 0 Å². The van der Waals surface area contributed by atoms with Gasteiger partial charge in [-0.3, -0.25) is 0 Å². The minimum Gasteiger partial charge on any atom is -0.356 e. The van der Waals surface area contributed by atoms with Crippen LogP contribution in [0.2, 0.25) is 0 Å². The quantitative estimate of drug-likeness (QED) is 0.803. The third-order valence-corrected chi connectivity index (χ3v) is 4.08. The van der Waals surface area contributed by atoms with E-state index in [1.54, 1.807) is 6.33 Å². The van der Waals surface area contributed by atoms with Crippen LogP contribution in [0.5, 0.6) is 0 Å². The predicted molar refractivity (Wildman–Crippen MR) is 79.8 cm³/mol. The van der Waals surface area contributed by atoms with Crippen molar-refractivity contribution in [3.63, 3.8) is 0 Å². The van der Waals surface area contributed by atoms with Gasteiger partial charge >= 0.3 is 0 Å². The Hall–Kier alpha value is -1.35. The molecular formula is C15H18ClN3. The zero-order valence-corrected chi connectivity index (χ0v) is 11.7. The van der Waals surface area contributed by atoms with Crippen LogP contribution in [0.4, 0.5) is 5.82 Å². The third-order valence-electron chi connectivity index (χ3n) is 3.86. The Kier molecular flexibility index (Phi) is 3.83. The van der Waals surface area contributed by atoms with Crippen molar-refractivity contribution in [2.24, 2.45) is 5.92 Å². The summed E-state index contributed by atoms with van der Waals surface area (Å²) in [4.78, 5) is 11.2. The lowest BCUT2D eigenvalue weighted by Gasteiger charge is -2.33. The summed E-state index contributed by atoms with van der Waals surface area (Å²) in [6.45, 7) is 2.15. The van der Waals surface area contributed by atoms with E-state index in [4.69, 9.17) is 11.6 Å². The van der Waals surface area contributed by atoms with Gasteiger partial charge in [-0.2, -0.15) is 0 Å². The molecule has 0 radical (unpaired) electrons. The molecule has 1 aromatic carbocycles. The molecule has 4 heteroatoms. The summed E-state index contributed by atoms with van der Waals surface area (Å²) in [5.41, 5.74) is 1.02. The van der Waals surface area contributed by atoms with Crippen LogP contribution in [-0.2, 0) is 0 Å². The van der Waals surface area contributed by atoms with Crippen LogP contribution < -0.4 is 4.90 Å². The molecule has 0 saturated carbocycles. The van der Waals surface area contributed by atoms with Gasteiger partial charge < -0.3 is 4.90 Å². The molecule has 19 heavy (non-hydrogen) atoms. The molecule has 1 fully saturated rings. The first-order valence-corrected chi connectivity index (χ1v) is 7.42. The molecule has 1 aliphatic heterocycles. The van der Waals surface area contributed by atoms with Crippen molar-refractivity contribution in [3.05, 3.63) is 30.6 Å². The number of piperidine rings is 1. The lowest BCUT2D eigenvalue weighted by molar-refractivity contribution is 0.405. The van der Waals surface area contributed by atoms with Crippen LogP contribution in [-0.4, -0.2) is 28.9 Å². The SMILES string of the molecule is ClCCC1CCCN(c2ncnc3ccccc23)C1. The number of anilines is 1. The van der Waals surface area contributed by atoms with Gasteiger partial charge in [0.15, 0.2) is 0 Å². The molecule has 0 amide bonds. The normalized spacial score (nSPS) is 19.8. The van der Waals surface area contributed by atoms with Crippen molar-refractivity contribution in [1.82, 2.24) is 9.97 Å². The standard InChI is InChI=1S/C15H18ClN3/c16-8-7-12-4-3-9-19(10-12)15-13-5-1-2-6-14(13)17-11-18-15/h1-2,5-6,11-12H,3-4,7-10H2. The zero-order valence-electron chi connectivity index (χ0n) is 10.9. The highest BCUT2D eigenvalue weighted by molar-refractivity contribution is 6.17. The molecule has 2 aromatic rings. The van der Waals surface area contributed by atoms with Crippen LogP contribution in [0.25, 0.3) is 10.9 Å². The molecule has 3 nitrogen and oxygen atoms in total. The Balaban J connectivity index is 1.91. The highest BCUT2D eigenvalue weighted by Crippen LogP contribution is 2.28. The second-order valence-corrected chi connectivity index (χ2v) is 5.52. The fraction of sp³-hybridized carbons (Fsp3) is 0.467. The highest BCUT2D eigenvalue weighted by atomic mass is 35.5. The van der Waals surface area contributed by atoms with Crippen LogP contribution in [0.15, 0.2) is 30.6 Å². The zero-order chi connectivity index (χ0) is 13.1. The van der Waals surface area contributed by atoms with Crippen LogP contribution in [0, 0.1) is 5.92 Å². The molecule has 0 N–H and O–H groups in total. The maximum atomic E-state index is 5.88. The molecule has 1 aromatic heterocycles. The molecule has 1 aliphatic rings. The average molecular weight is 276 g/mol. The highest BCUT2D eigenvalue weighted by Gasteiger charge is 2.21. The van der Waals surface area contributed by atoms with E-state index in [9.17, 15) is 0 Å². The van der Waals surface area contributed by atoms with Crippen molar-refractivity contribution in [2.45, 2.75) is 19.3 Å². The van der Waals surface area contributed by atoms with E-state index in [-0.39, 0.29) is 0 Å². The minimum absolute atomic E-state index is 0.694. The van der Waals surface area contributed by atoms with Crippen LogP contribution in [0.1, 0.15) is 19.3 Å². The Morgan fingerprint density at radius 1 is 1.26 bits per heavy atom. The number of alkyl halides is 1. The van der Waals surface area contributed by atoms with Gasteiger partial charge in [-0.25, -0.2) is 9.97 Å². The lowest BCUT2D eigenvalue weighted by Crippen LogP contribution is -2.36. The second kappa shape index (κ2) is 5.74. The molecule has 2 heterocycles. The first-order valence-electron chi connectivity index (χ1n) is 6.89. The maximum absolute atomic E-state index is 5.88. The minimum atomic E-state index is 0.694. The topological polar surface area (TPSA) is 29.0 Å². The number of aromatic nitrogens is 2. The van der Waals surface area contributed by atoms with E-state index in [0.717, 1.165) is 42.1 Å². The summed E-state index contributed by atoms with van der Waals surface area (Å²) < 4.78 is 0. The first-order chi connectivity index (χ1) is 9.38. The summed E-state index contributed by atoms with van der Waals surface area (Å²) in [5, 5.41) is 1.15. The summed E-state index contributed by atoms with van der Waals surface area (Å²) in [6, 6.07) is 8.22. The summed E-state index contributed by atoms with van der Waals surface area (Å²) in [7, 11) is 0. The van der Waals surface area contributed by atoms with Gasteiger partial charge in [0.2, 0.25) is 0 Å². The molecule has 0 spiro atoms. The number of halogens is 1. The van der Waals surface area contributed by atoms with E-state index >= 15 is 0 Å². The van der Waals surface area contributed by atoms with Gasteiger partial charge in [0.1, 0.15) is 12.1 Å². The number of hydrogen-bond donors (Lipinski definition) is 0. The Labute approximate surface area is 118 Å². The van der Waals surface area contributed by atoms with E-state index in [2.05, 4.69) is 27.0 Å². The number of nitrogens with zero attached hydrogens (tertiary/aromatic N) is 3. The molecule has 3 rings (SSSR count).